The van der Waals surface area contributed by atoms with Crippen molar-refractivity contribution in [2.45, 2.75) is 31.4 Å². The van der Waals surface area contributed by atoms with Crippen LogP contribution in [0.15, 0.2) is 24.3 Å². The van der Waals surface area contributed by atoms with Crippen molar-refractivity contribution < 1.29 is 24.6 Å². The Morgan fingerprint density at radius 3 is 2.63 bits per heavy atom. The van der Waals surface area contributed by atoms with Gasteiger partial charge in [-0.3, -0.25) is 9.59 Å². The molecule has 9 heteroatoms. The largest absolute Gasteiger partial charge is 0.480 e. The number of rotatable bonds is 5. The van der Waals surface area contributed by atoms with E-state index in [9.17, 15) is 24.6 Å². The number of aromatic amines is 1. The van der Waals surface area contributed by atoms with Gasteiger partial charge < -0.3 is 25.4 Å². The summed E-state index contributed by atoms with van der Waals surface area (Å²) in [4.78, 5) is 40.7. The normalized spacial score (nSPS) is 16.3. The molecule has 0 saturated carbocycles. The van der Waals surface area contributed by atoms with E-state index in [1.807, 2.05) is 0 Å². The topological polar surface area (TPSA) is 123 Å². The number of H-pyrrole nitrogens is 1. The molecule has 2 aromatic rings. The second-order valence-corrected chi connectivity index (χ2v) is 7.03. The molecular formula is C18H20ClN3O5. The maximum Gasteiger partial charge on any atom is 0.326 e. The molecule has 1 atom stereocenters. The zero-order valence-electron chi connectivity index (χ0n) is 14.4. The fourth-order valence-corrected chi connectivity index (χ4v) is 3.26. The second-order valence-electron chi connectivity index (χ2n) is 6.59. The van der Waals surface area contributed by atoms with E-state index in [1.54, 1.807) is 24.3 Å². The molecule has 0 spiro atoms. The molecule has 8 nitrogen and oxygen atoms in total. The number of hydrogen-bond donors (Lipinski definition) is 4. The summed E-state index contributed by atoms with van der Waals surface area (Å²) < 4.78 is 0. The first kappa shape index (κ1) is 19.2. The third-order valence-corrected chi connectivity index (χ3v) is 4.86. The molecule has 0 bridgehead atoms. The Kier molecular flexibility index (Phi) is 5.67. The predicted molar refractivity (Wildman–Crippen MR) is 98.6 cm³/mol. The third-order valence-electron chi connectivity index (χ3n) is 4.63. The van der Waals surface area contributed by atoms with Gasteiger partial charge in [-0.25, -0.2) is 4.79 Å². The van der Waals surface area contributed by atoms with Gasteiger partial charge in [-0.2, -0.15) is 0 Å². The molecular weight excluding hydrogens is 374 g/mol. The number of aliphatic carboxylic acids is 1. The van der Waals surface area contributed by atoms with E-state index in [0.717, 1.165) is 5.39 Å². The molecule has 1 saturated heterocycles. The molecule has 0 aliphatic carbocycles. The van der Waals surface area contributed by atoms with Crippen molar-refractivity contribution in [3.63, 3.8) is 0 Å². The Morgan fingerprint density at radius 2 is 1.96 bits per heavy atom. The average molecular weight is 394 g/mol. The first-order chi connectivity index (χ1) is 12.8. The second kappa shape index (κ2) is 7.98. The van der Waals surface area contributed by atoms with E-state index in [4.69, 9.17) is 11.6 Å². The maximum atomic E-state index is 12.4. The summed E-state index contributed by atoms with van der Waals surface area (Å²) in [6.45, 7) is 0.756. The van der Waals surface area contributed by atoms with Crippen molar-refractivity contribution in [2.75, 3.05) is 13.1 Å². The molecule has 2 heterocycles. The summed E-state index contributed by atoms with van der Waals surface area (Å²) in [7, 11) is 0. The summed E-state index contributed by atoms with van der Waals surface area (Å²) in [5, 5.41) is 22.5. The van der Waals surface area contributed by atoms with Crippen molar-refractivity contribution in [1.82, 2.24) is 15.2 Å². The first-order valence-electron chi connectivity index (χ1n) is 8.61. The number of piperidine rings is 1. The summed E-state index contributed by atoms with van der Waals surface area (Å²) in [6, 6.07) is 5.32. The van der Waals surface area contributed by atoms with Crippen molar-refractivity contribution in [3.8, 4) is 0 Å². The molecule has 1 aliphatic rings. The number of benzene rings is 1. The lowest BCUT2D eigenvalue weighted by Gasteiger charge is -2.30. The number of halogens is 1. The highest BCUT2D eigenvalue weighted by Gasteiger charge is 2.28. The summed E-state index contributed by atoms with van der Waals surface area (Å²) in [5.41, 5.74) is 0.881. The van der Waals surface area contributed by atoms with Crippen LogP contribution in [0.1, 0.15) is 29.8 Å². The van der Waals surface area contributed by atoms with E-state index in [-0.39, 0.29) is 18.0 Å². The van der Waals surface area contributed by atoms with Crippen LogP contribution in [-0.4, -0.2) is 63.1 Å². The van der Waals surface area contributed by atoms with Crippen LogP contribution in [-0.2, 0) is 9.59 Å². The number of carboxylic acid groups (broad SMARTS) is 1. The lowest BCUT2D eigenvalue weighted by Crippen LogP contribution is -2.47. The minimum absolute atomic E-state index is 0.187. The van der Waals surface area contributed by atoms with Gasteiger partial charge in [-0.1, -0.05) is 11.6 Å². The van der Waals surface area contributed by atoms with Crippen LogP contribution < -0.4 is 5.32 Å². The van der Waals surface area contributed by atoms with Crippen LogP contribution in [0.25, 0.3) is 10.9 Å². The van der Waals surface area contributed by atoms with Gasteiger partial charge in [-0.15, -0.1) is 0 Å². The van der Waals surface area contributed by atoms with Gasteiger partial charge in [0.2, 0.25) is 5.91 Å². The van der Waals surface area contributed by atoms with Crippen LogP contribution in [0.4, 0.5) is 0 Å². The van der Waals surface area contributed by atoms with Crippen LogP contribution in [0.3, 0.4) is 0 Å². The van der Waals surface area contributed by atoms with Crippen LogP contribution in [0.2, 0.25) is 5.02 Å². The van der Waals surface area contributed by atoms with E-state index >= 15 is 0 Å². The van der Waals surface area contributed by atoms with E-state index < -0.39 is 24.0 Å². The number of aliphatic hydroxyl groups excluding tert-OH is 1. The Bertz CT molecular complexity index is 873. The highest BCUT2D eigenvalue weighted by Crippen LogP contribution is 2.20. The van der Waals surface area contributed by atoms with Gasteiger partial charge in [0.15, 0.2) is 0 Å². The number of nitrogens with one attached hydrogen (secondary N) is 2. The number of carbonyl (C=O) groups excluding carboxylic acids is 2. The number of amides is 2. The Balaban J connectivity index is 1.66. The molecule has 0 radical (unpaired) electrons. The fourth-order valence-electron chi connectivity index (χ4n) is 3.08. The van der Waals surface area contributed by atoms with Gasteiger partial charge in [0.05, 0.1) is 12.5 Å². The smallest absolute Gasteiger partial charge is 0.326 e. The zero-order valence-corrected chi connectivity index (χ0v) is 15.2. The molecule has 1 fully saturated rings. The lowest BCUT2D eigenvalue weighted by molar-refractivity contribution is -0.143. The molecule has 27 heavy (non-hydrogen) atoms. The number of nitrogens with zero attached hydrogens (tertiary/aromatic N) is 1. The van der Waals surface area contributed by atoms with Crippen molar-refractivity contribution in [1.29, 1.82) is 0 Å². The van der Waals surface area contributed by atoms with Crippen LogP contribution >= 0.6 is 11.6 Å². The number of aliphatic hydroxyl groups is 1. The Labute approximate surface area is 160 Å². The molecule has 1 aromatic heterocycles. The fraction of sp³-hybridized carbons (Fsp3) is 0.389. The molecule has 4 N–H and O–H groups in total. The lowest BCUT2D eigenvalue weighted by atomic mass is 10.1. The Hall–Kier alpha value is -2.58. The average Bonchev–Trinajstić information content (AvgIpc) is 3.04. The quantitative estimate of drug-likeness (QED) is 0.611. The van der Waals surface area contributed by atoms with Crippen LogP contribution in [0, 0.1) is 0 Å². The summed E-state index contributed by atoms with van der Waals surface area (Å²) in [5.74, 6) is -2.26. The number of likely N-dealkylation sites (tertiary alicyclic amines) is 1. The van der Waals surface area contributed by atoms with E-state index in [0.29, 0.717) is 36.5 Å². The van der Waals surface area contributed by atoms with Gasteiger partial charge in [-0.05, 0) is 37.1 Å². The first-order valence-corrected chi connectivity index (χ1v) is 8.99. The van der Waals surface area contributed by atoms with Crippen LogP contribution in [0.5, 0.6) is 0 Å². The molecule has 1 unspecified atom stereocenters. The van der Waals surface area contributed by atoms with E-state index in [2.05, 4.69) is 10.3 Å². The number of fused-ring (bicyclic) bond motifs is 1. The predicted octanol–water partition coefficient (Wildman–Crippen LogP) is 1.38. The number of hydrogen-bond acceptors (Lipinski definition) is 4. The summed E-state index contributed by atoms with van der Waals surface area (Å²) in [6.07, 6.45) is 0.156. The molecule has 144 valence electrons. The molecule has 3 rings (SSSR count). The number of carboxylic acids is 1. The minimum Gasteiger partial charge on any atom is -0.480 e. The highest BCUT2D eigenvalue weighted by atomic mass is 35.5. The Morgan fingerprint density at radius 1 is 1.26 bits per heavy atom. The molecule has 1 aromatic carbocycles. The van der Waals surface area contributed by atoms with Gasteiger partial charge in [0, 0.05) is 29.0 Å². The zero-order chi connectivity index (χ0) is 19.6. The van der Waals surface area contributed by atoms with Gasteiger partial charge in [0.1, 0.15) is 11.7 Å². The standard InChI is InChI=1S/C18H20ClN3O5/c19-11-1-2-13-10(7-11)8-14(20-13)17(25)21-15(18(26)27)9-16(24)22-5-3-12(23)4-6-22/h1-2,7-8,12,15,20,23H,3-6,9H2,(H,21,25)(H,26,27). The van der Waals surface area contributed by atoms with Gasteiger partial charge in [0.25, 0.3) is 5.91 Å². The molecule has 1 aliphatic heterocycles. The SMILES string of the molecule is O=C(NC(CC(=O)N1CCC(O)CC1)C(=O)O)c1cc2cc(Cl)ccc2[nH]1. The number of aromatic nitrogens is 1. The maximum absolute atomic E-state index is 12.4. The highest BCUT2D eigenvalue weighted by molar-refractivity contribution is 6.31. The summed E-state index contributed by atoms with van der Waals surface area (Å²) >= 11 is 5.92. The van der Waals surface area contributed by atoms with Gasteiger partial charge >= 0.3 is 5.97 Å². The molecule has 2 amide bonds. The van der Waals surface area contributed by atoms with E-state index in [1.165, 1.54) is 4.90 Å². The van der Waals surface area contributed by atoms with Crippen molar-refractivity contribution in [3.05, 3.63) is 35.0 Å². The minimum atomic E-state index is -1.34. The van der Waals surface area contributed by atoms with Crippen molar-refractivity contribution >= 4 is 40.3 Å². The monoisotopic (exact) mass is 393 g/mol. The third kappa shape index (κ3) is 4.58. The number of carbonyl (C=O) groups is 3. The van der Waals surface area contributed by atoms with Crippen molar-refractivity contribution in [2.24, 2.45) is 0 Å².